The van der Waals surface area contributed by atoms with Crippen LogP contribution in [0.25, 0.3) is 0 Å². The lowest BCUT2D eigenvalue weighted by Gasteiger charge is -2.03. The van der Waals surface area contributed by atoms with Crippen LogP contribution < -0.4 is 10.6 Å². The smallest absolute Gasteiger partial charge is 0.242 e. The van der Waals surface area contributed by atoms with E-state index < -0.39 is 0 Å². The maximum Gasteiger partial charge on any atom is 0.242 e. The standard InChI is InChI=1S/C13H19N5OS/c1-2-5-14-7-11-9-18(17-16-11)10-13(19)15-8-12-4-3-6-20-12/h3-4,6,9,14H,2,5,7-8,10H2,1H3,(H,15,19). The molecular formula is C13H19N5OS. The average molecular weight is 293 g/mol. The van der Waals surface area contributed by atoms with Crippen molar-refractivity contribution in [2.45, 2.75) is 33.0 Å². The van der Waals surface area contributed by atoms with Crippen LogP contribution in [0, 0.1) is 0 Å². The molecule has 0 bridgehead atoms. The van der Waals surface area contributed by atoms with E-state index in [-0.39, 0.29) is 12.5 Å². The van der Waals surface area contributed by atoms with Gasteiger partial charge >= 0.3 is 0 Å². The Hall–Kier alpha value is -1.73. The third-order valence-electron chi connectivity index (χ3n) is 2.66. The number of nitrogens with one attached hydrogen (secondary N) is 2. The van der Waals surface area contributed by atoms with Crippen molar-refractivity contribution in [3.05, 3.63) is 34.3 Å². The first-order chi connectivity index (χ1) is 9.78. The fourth-order valence-corrected chi connectivity index (χ4v) is 2.34. The van der Waals surface area contributed by atoms with E-state index in [0.29, 0.717) is 13.1 Å². The highest BCUT2D eigenvalue weighted by molar-refractivity contribution is 7.09. The molecule has 20 heavy (non-hydrogen) atoms. The van der Waals surface area contributed by atoms with Crippen molar-refractivity contribution in [3.8, 4) is 0 Å². The van der Waals surface area contributed by atoms with Crippen molar-refractivity contribution in [2.75, 3.05) is 6.54 Å². The maximum atomic E-state index is 11.8. The van der Waals surface area contributed by atoms with E-state index in [1.54, 1.807) is 22.2 Å². The normalized spacial score (nSPS) is 10.7. The third-order valence-corrected chi connectivity index (χ3v) is 3.54. The molecule has 0 atom stereocenters. The minimum atomic E-state index is -0.0589. The van der Waals surface area contributed by atoms with Gasteiger partial charge in [0.1, 0.15) is 6.54 Å². The Balaban J connectivity index is 1.73. The van der Waals surface area contributed by atoms with Gasteiger partial charge in [0.05, 0.1) is 18.4 Å². The van der Waals surface area contributed by atoms with Crippen LogP contribution in [-0.2, 0) is 24.4 Å². The van der Waals surface area contributed by atoms with Gasteiger partial charge in [-0.05, 0) is 24.4 Å². The Morgan fingerprint density at radius 1 is 1.45 bits per heavy atom. The average Bonchev–Trinajstić information content (AvgIpc) is 3.08. The van der Waals surface area contributed by atoms with E-state index in [1.165, 1.54) is 0 Å². The van der Waals surface area contributed by atoms with Gasteiger partial charge in [-0.1, -0.05) is 18.2 Å². The van der Waals surface area contributed by atoms with Crippen LogP contribution in [-0.4, -0.2) is 27.4 Å². The van der Waals surface area contributed by atoms with Crippen LogP contribution in [0.5, 0.6) is 0 Å². The number of carbonyl (C=O) groups excluding carboxylic acids is 1. The molecule has 6 nitrogen and oxygen atoms in total. The molecule has 2 N–H and O–H groups in total. The van der Waals surface area contributed by atoms with Gasteiger partial charge in [-0.15, -0.1) is 16.4 Å². The first-order valence-electron chi connectivity index (χ1n) is 6.66. The number of carbonyl (C=O) groups is 1. The first-order valence-corrected chi connectivity index (χ1v) is 7.54. The second-order valence-electron chi connectivity index (χ2n) is 4.44. The van der Waals surface area contributed by atoms with Gasteiger partial charge in [0.2, 0.25) is 5.91 Å². The van der Waals surface area contributed by atoms with Crippen LogP contribution in [0.4, 0.5) is 0 Å². The zero-order chi connectivity index (χ0) is 14.2. The third kappa shape index (κ3) is 4.75. The molecule has 0 radical (unpaired) electrons. The van der Waals surface area contributed by atoms with Gasteiger partial charge in [-0.3, -0.25) is 4.79 Å². The lowest BCUT2D eigenvalue weighted by Crippen LogP contribution is -2.27. The monoisotopic (exact) mass is 293 g/mol. The van der Waals surface area contributed by atoms with Gasteiger partial charge in [0.25, 0.3) is 0 Å². The number of nitrogens with zero attached hydrogens (tertiary/aromatic N) is 3. The molecule has 0 unspecified atom stereocenters. The SMILES string of the molecule is CCCNCc1cn(CC(=O)NCc2cccs2)nn1. The lowest BCUT2D eigenvalue weighted by molar-refractivity contribution is -0.122. The van der Waals surface area contributed by atoms with E-state index in [2.05, 4.69) is 27.9 Å². The molecule has 7 heteroatoms. The molecule has 0 aliphatic rings. The number of rotatable bonds is 8. The summed E-state index contributed by atoms with van der Waals surface area (Å²) in [4.78, 5) is 12.9. The summed E-state index contributed by atoms with van der Waals surface area (Å²) in [5.41, 5.74) is 0.851. The summed E-state index contributed by atoms with van der Waals surface area (Å²) in [6.45, 7) is 4.52. The zero-order valence-electron chi connectivity index (χ0n) is 11.5. The molecule has 0 aromatic carbocycles. The van der Waals surface area contributed by atoms with Crippen molar-refractivity contribution in [2.24, 2.45) is 0 Å². The number of amides is 1. The van der Waals surface area contributed by atoms with E-state index >= 15 is 0 Å². The molecule has 0 aliphatic heterocycles. The Kier molecular flexibility index (Phi) is 5.69. The summed E-state index contributed by atoms with van der Waals surface area (Å²) in [7, 11) is 0. The minimum Gasteiger partial charge on any atom is -0.350 e. The highest BCUT2D eigenvalue weighted by Crippen LogP contribution is 2.07. The number of thiophene rings is 1. The summed E-state index contributed by atoms with van der Waals surface area (Å²) in [5, 5.41) is 16.1. The molecule has 2 aromatic rings. The predicted molar refractivity (Wildman–Crippen MR) is 78.2 cm³/mol. The summed E-state index contributed by atoms with van der Waals surface area (Å²) in [6, 6.07) is 3.97. The van der Waals surface area contributed by atoms with Crippen molar-refractivity contribution in [3.63, 3.8) is 0 Å². The van der Waals surface area contributed by atoms with Gasteiger partial charge in [0, 0.05) is 11.4 Å². The molecule has 0 spiro atoms. The van der Waals surface area contributed by atoms with Crippen molar-refractivity contribution in [1.82, 2.24) is 25.6 Å². The zero-order valence-corrected chi connectivity index (χ0v) is 12.3. The largest absolute Gasteiger partial charge is 0.350 e. The van der Waals surface area contributed by atoms with E-state index in [1.807, 2.05) is 17.5 Å². The molecule has 0 aliphatic carbocycles. The Morgan fingerprint density at radius 2 is 2.35 bits per heavy atom. The number of aromatic nitrogens is 3. The van der Waals surface area contributed by atoms with Crippen LogP contribution in [0.2, 0.25) is 0 Å². The molecule has 0 fully saturated rings. The van der Waals surface area contributed by atoms with Crippen molar-refractivity contribution >= 4 is 17.2 Å². The fourth-order valence-electron chi connectivity index (χ4n) is 1.69. The Bertz CT molecular complexity index is 523. The quantitative estimate of drug-likeness (QED) is 0.716. The maximum absolute atomic E-state index is 11.8. The number of hydrogen-bond acceptors (Lipinski definition) is 5. The molecule has 2 aromatic heterocycles. The summed E-state index contributed by atoms with van der Waals surface area (Å²) >= 11 is 1.63. The van der Waals surface area contributed by atoms with Crippen molar-refractivity contribution < 1.29 is 4.79 Å². The minimum absolute atomic E-state index is 0.0589. The van der Waals surface area contributed by atoms with Gasteiger partial charge in [-0.2, -0.15) is 0 Å². The van der Waals surface area contributed by atoms with E-state index in [9.17, 15) is 4.79 Å². The summed E-state index contributed by atoms with van der Waals surface area (Å²) < 4.78 is 1.56. The van der Waals surface area contributed by atoms with Crippen LogP contribution >= 0.6 is 11.3 Å². The lowest BCUT2D eigenvalue weighted by atomic mass is 10.4. The highest BCUT2D eigenvalue weighted by atomic mass is 32.1. The molecule has 0 saturated heterocycles. The number of hydrogen-bond donors (Lipinski definition) is 2. The van der Waals surface area contributed by atoms with Crippen LogP contribution in [0.3, 0.4) is 0 Å². The molecule has 108 valence electrons. The van der Waals surface area contributed by atoms with Gasteiger partial charge in [-0.25, -0.2) is 4.68 Å². The van der Waals surface area contributed by atoms with Crippen molar-refractivity contribution in [1.29, 1.82) is 0 Å². The molecule has 2 heterocycles. The highest BCUT2D eigenvalue weighted by Gasteiger charge is 2.06. The van der Waals surface area contributed by atoms with Crippen LogP contribution in [0.15, 0.2) is 23.7 Å². The molecule has 1 amide bonds. The first kappa shape index (κ1) is 14.7. The van der Waals surface area contributed by atoms with E-state index in [4.69, 9.17) is 0 Å². The van der Waals surface area contributed by atoms with Gasteiger partial charge in [0.15, 0.2) is 0 Å². The van der Waals surface area contributed by atoms with Gasteiger partial charge < -0.3 is 10.6 Å². The topological polar surface area (TPSA) is 71.8 Å². The second kappa shape index (κ2) is 7.76. The molecule has 2 rings (SSSR count). The molecular weight excluding hydrogens is 274 g/mol. The Morgan fingerprint density at radius 3 is 3.10 bits per heavy atom. The summed E-state index contributed by atoms with van der Waals surface area (Å²) in [5.74, 6) is -0.0589. The van der Waals surface area contributed by atoms with Crippen LogP contribution in [0.1, 0.15) is 23.9 Å². The summed E-state index contributed by atoms with van der Waals surface area (Å²) in [6.07, 6.45) is 2.88. The molecule has 0 saturated carbocycles. The van der Waals surface area contributed by atoms with E-state index in [0.717, 1.165) is 23.5 Å². The predicted octanol–water partition coefficient (Wildman–Crippen LogP) is 1.16. The Labute approximate surface area is 122 Å². The second-order valence-corrected chi connectivity index (χ2v) is 5.47. The fraction of sp³-hybridized carbons (Fsp3) is 0.462.